The number of hydrogen-bond donors (Lipinski definition) is 2. The second kappa shape index (κ2) is 6.02. The number of nitrogens with zero attached hydrogens (tertiary/aromatic N) is 2. The maximum Gasteiger partial charge on any atom is 0.303 e. The predicted octanol–water partition coefficient (Wildman–Crippen LogP) is 2.77. The molecule has 1 aromatic carbocycles. The first kappa shape index (κ1) is 13.8. The summed E-state index contributed by atoms with van der Waals surface area (Å²) in [6.07, 6.45) is 0.610. The largest absolute Gasteiger partial charge is 0.481 e. The van der Waals surface area contributed by atoms with Gasteiger partial charge in [0, 0.05) is 17.8 Å². The smallest absolute Gasteiger partial charge is 0.303 e. The lowest BCUT2D eigenvalue weighted by atomic mass is 10.1. The van der Waals surface area contributed by atoms with E-state index in [1.165, 1.54) is 0 Å². The standard InChI is InChI=1S/C15H15N3O2/c1-10(6-7-15(19)20)17-14-8-11(9-16)12-4-2-3-5-13(12)18-14/h2-5,8,10H,6-7H2,1H3,(H,17,18)(H,19,20). The third-order valence-corrected chi connectivity index (χ3v) is 3.02. The Morgan fingerprint density at radius 2 is 2.25 bits per heavy atom. The summed E-state index contributed by atoms with van der Waals surface area (Å²) in [5.74, 6) is -0.221. The molecule has 20 heavy (non-hydrogen) atoms. The van der Waals surface area contributed by atoms with Gasteiger partial charge in [0.15, 0.2) is 0 Å². The van der Waals surface area contributed by atoms with Crippen molar-refractivity contribution in [3.8, 4) is 6.07 Å². The fraction of sp³-hybridized carbons (Fsp3) is 0.267. The van der Waals surface area contributed by atoms with Crippen LogP contribution < -0.4 is 5.32 Å². The van der Waals surface area contributed by atoms with Crippen molar-refractivity contribution in [2.75, 3.05) is 5.32 Å². The number of anilines is 1. The molecule has 0 radical (unpaired) electrons. The monoisotopic (exact) mass is 269 g/mol. The molecule has 1 aromatic heterocycles. The average Bonchev–Trinajstić information content (AvgIpc) is 2.44. The Labute approximate surface area is 116 Å². The normalized spacial score (nSPS) is 11.8. The number of rotatable bonds is 5. The van der Waals surface area contributed by atoms with Crippen LogP contribution in [-0.2, 0) is 4.79 Å². The van der Waals surface area contributed by atoms with E-state index < -0.39 is 5.97 Å². The highest BCUT2D eigenvalue weighted by molar-refractivity contribution is 5.86. The van der Waals surface area contributed by atoms with Crippen molar-refractivity contribution in [2.45, 2.75) is 25.8 Å². The summed E-state index contributed by atoms with van der Waals surface area (Å²) >= 11 is 0. The lowest BCUT2D eigenvalue weighted by Crippen LogP contribution is -2.17. The van der Waals surface area contributed by atoms with Crippen molar-refractivity contribution in [1.82, 2.24) is 4.98 Å². The van der Waals surface area contributed by atoms with E-state index in [4.69, 9.17) is 5.11 Å². The second-order valence-electron chi connectivity index (χ2n) is 4.66. The van der Waals surface area contributed by atoms with Gasteiger partial charge < -0.3 is 10.4 Å². The summed E-state index contributed by atoms with van der Waals surface area (Å²) < 4.78 is 0. The molecule has 5 nitrogen and oxygen atoms in total. The fourth-order valence-electron chi connectivity index (χ4n) is 2.01. The minimum absolute atomic E-state index is 0.0219. The minimum atomic E-state index is -0.817. The van der Waals surface area contributed by atoms with Crippen LogP contribution in [0.2, 0.25) is 0 Å². The van der Waals surface area contributed by atoms with E-state index >= 15 is 0 Å². The summed E-state index contributed by atoms with van der Waals surface area (Å²) in [7, 11) is 0. The Kier molecular flexibility index (Phi) is 4.16. The molecule has 1 heterocycles. The molecule has 0 aliphatic heterocycles. The molecule has 0 saturated carbocycles. The van der Waals surface area contributed by atoms with Gasteiger partial charge in [-0.25, -0.2) is 4.98 Å². The summed E-state index contributed by atoms with van der Waals surface area (Å²) in [5.41, 5.74) is 1.31. The van der Waals surface area contributed by atoms with Crippen LogP contribution in [0.4, 0.5) is 5.82 Å². The first-order valence-electron chi connectivity index (χ1n) is 6.38. The van der Waals surface area contributed by atoms with Gasteiger partial charge >= 0.3 is 5.97 Å². The van der Waals surface area contributed by atoms with Crippen LogP contribution in [0.25, 0.3) is 10.9 Å². The van der Waals surface area contributed by atoms with Gasteiger partial charge in [-0.2, -0.15) is 5.26 Å². The Morgan fingerprint density at radius 3 is 2.95 bits per heavy atom. The highest BCUT2D eigenvalue weighted by atomic mass is 16.4. The molecular formula is C15H15N3O2. The van der Waals surface area contributed by atoms with Crippen LogP contribution >= 0.6 is 0 Å². The number of nitriles is 1. The van der Waals surface area contributed by atoms with Crippen LogP contribution in [0.15, 0.2) is 30.3 Å². The molecule has 1 atom stereocenters. The first-order chi connectivity index (χ1) is 9.60. The molecule has 102 valence electrons. The second-order valence-corrected chi connectivity index (χ2v) is 4.66. The molecule has 0 amide bonds. The number of fused-ring (bicyclic) bond motifs is 1. The van der Waals surface area contributed by atoms with Gasteiger partial charge in [0.25, 0.3) is 0 Å². The first-order valence-corrected chi connectivity index (χ1v) is 6.38. The van der Waals surface area contributed by atoms with Crippen molar-refractivity contribution < 1.29 is 9.90 Å². The van der Waals surface area contributed by atoms with Crippen LogP contribution in [-0.4, -0.2) is 22.1 Å². The zero-order chi connectivity index (χ0) is 14.5. The molecule has 0 spiro atoms. The van der Waals surface area contributed by atoms with E-state index in [9.17, 15) is 10.1 Å². The minimum Gasteiger partial charge on any atom is -0.481 e. The van der Waals surface area contributed by atoms with Gasteiger partial charge in [0.2, 0.25) is 0 Å². The fourth-order valence-corrected chi connectivity index (χ4v) is 2.01. The number of carboxylic acids is 1. The maximum atomic E-state index is 10.5. The molecule has 0 bridgehead atoms. The molecular weight excluding hydrogens is 254 g/mol. The van der Waals surface area contributed by atoms with Gasteiger partial charge in [0.05, 0.1) is 17.1 Å². The van der Waals surface area contributed by atoms with Crippen molar-refractivity contribution in [1.29, 1.82) is 5.26 Å². The quantitative estimate of drug-likeness (QED) is 0.871. The van der Waals surface area contributed by atoms with Gasteiger partial charge in [-0.1, -0.05) is 18.2 Å². The Morgan fingerprint density at radius 1 is 1.50 bits per heavy atom. The van der Waals surface area contributed by atoms with Gasteiger partial charge in [-0.05, 0) is 25.5 Å². The number of benzene rings is 1. The zero-order valence-corrected chi connectivity index (χ0v) is 11.1. The highest BCUT2D eigenvalue weighted by Gasteiger charge is 2.09. The van der Waals surface area contributed by atoms with E-state index in [2.05, 4.69) is 16.4 Å². The Bertz CT molecular complexity index is 676. The number of carbonyl (C=O) groups is 1. The van der Waals surface area contributed by atoms with Crippen LogP contribution in [0.1, 0.15) is 25.3 Å². The van der Waals surface area contributed by atoms with Gasteiger partial charge in [-0.3, -0.25) is 4.79 Å². The molecule has 5 heteroatoms. The third kappa shape index (κ3) is 3.23. The SMILES string of the molecule is CC(CCC(=O)O)Nc1cc(C#N)c2ccccc2n1. The molecule has 2 rings (SSSR count). The zero-order valence-electron chi connectivity index (χ0n) is 11.1. The van der Waals surface area contributed by atoms with E-state index in [1.807, 2.05) is 31.2 Å². The van der Waals surface area contributed by atoms with Crippen molar-refractivity contribution >= 4 is 22.7 Å². The molecule has 0 aliphatic rings. The molecule has 0 saturated heterocycles. The van der Waals surface area contributed by atoms with Crippen molar-refractivity contribution in [3.63, 3.8) is 0 Å². The number of hydrogen-bond acceptors (Lipinski definition) is 4. The van der Waals surface area contributed by atoms with Crippen LogP contribution in [0.5, 0.6) is 0 Å². The number of para-hydroxylation sites is 1. The number of nitrogens with one attached hydrogen (secondary N) is 1. The predicted molar refractivity (Wildman–Crippen MR) is 76.4 cm³/mol. The van der Waals surface area contributed by atoms with Gasteiger partial charge in [0.1, 0.15) is 5.82 Å². The average molecular weight is 269 g/mol. The van der Waals surface area contributed by atoms with Crippen LogP contribution in [0.3, 0.4) is 0 Å². The molecule has 2 aromatic rings. The van der Waals surface area contributed by atoms with E-state index in [-0.39, 0.29) is 12.5 Å². The topological polar surface area (TPSA) is 86.0 Å². The summed E-state index contributed by atoms with van der Waals surface area (Å²) in [4.78, 5) is 15.0. The summed E-state index contributed by atoms with van der Waals surface area (Å²) in [6.45, 7) is 1.89. The highest BCUT2D eigenvalue weighted by Crippen LogP contribution is 2.20. The third-order valence-electron chi connectivity index (χ3n) is 3.02. The number of aromatic nitrogens is 1. The van der Waals surface area contributed by atoms with Crippen LogP contribution in [0, 0.1) is 11.3 Å². The Balaban J connectivity index is 2.23. The lowest BCUT2D eigenvalue weighted by molar-refractivity contribution is -0.137. The van der Waals surface area contributed by atoms with Gasteiger partial charge in [-0.15, -0.1) is 0 Å². The molecule has 2 N–H and O–H groups in total. The molecule has 1 unspecified atom stereocenters. The van der Waals surface area contributed by atoms with Crippen molar-refractivity contribution in [3.05, 3.63) is 35.9 Å². The van der Waals surface area contributed by atoms with Crippen molar-refractivity contribution in [2.24, 2.45) is 0 Å². The molecule has 0 aliphatic carbocycles. The van der Waals surface area contributed by atoms with E-state index in [0.29, 0.717) is 17.8 Å². The number of pyridine rings is 1. The number of aliphatic carboxylic acids is 1. The summed E-state index contributed by atoms with van der Waals surface area (Å²) in [6, 6.07) is 11.3. The lowest BCUT2D eigenvalue weighted by Gasteiger charge is -2.14. The Hall–Kier alpha value is -2.61. The van der Waals surface area contributed by atoms with E-state index in [0.717, 1.165) is 10.9 Å². The number of carboxylic acid groups (broad SMARTS) is 1. The van der Waals surface area contributed by atoms with E-state index in [1.54, 1.807) is 6.07 Å². The summed E-state index contributed by atoms with van der Waals surface area (Å²) in [5, 5.41) is 21.8. The maximum absolute atomic E-state index is 10.5. The molecule has 0 fully saturated rings.